The number of nitriles is 1. The summed E-state index contributed by atoms with van der Waals surface area (Å²) >= 11 is 0.933. The van der Waals surface area contributed by atoms with Crippen molar-refractivity contribution in [1.82, 2.24) is 19.3 Å². The van der Waals surface area contributed by atoms with Gasteiger partial charge in [-0.25, -0.2) is 22.6 Å². The number of halogens is 4. The molecule has 2 N–H and O–H groups in total. The summed E-state index contributed by atoms with van der Waals surface area (Å²) in [4.78, 5) is 18.9. The lowest BCUT2D eigenvalue weighted by atomic mass is 10.1. The zero-order chi connectivity index (χ0) is 27.3. The van der Waals surface area contributed by atoms with Gasteiger partial charge >= 0.3 is 12.1 Å². The second kappa shape index (κ2) is 9.21. The van der Waals surface area contributed by atoms with E-state index in [0.29, 0.717) is 12.4 Å². The molecule has 0 unspecified atom stereocenters. The third kappa shape index (κ3) is 4.78. The van der Waals surface area contributed by atoms with Crippen LogP contribution in [0.1, 0.15) is 28.5 Å². The van der Waals surface area contributed by atoms with Crippen LogP contribution in [0.5, 0.6) is 0 Å². The molecular formula is C22H15F4N5O4S2. The Bertz CT molecular complexity index is 1690. The number of pyridine rings is 1. The van der Waals surface area contributed by atoms with Gasteiger partial charge in [0, 0.05) is 17.0 Å². The summed E-state index contributed by atoms with van der Waals surface area (Å²) in [6, 6.07) is 4.38. The highest BCUT2D eigenvalue weighted by Crippen LogP contribution is 2.37. The zero-order valence-corrected chi connectivity index (χ0v) is 20.5. The Morgan fingerprint density at radius 3 is 2.54 bits per heavy atom. The van der Waals surface area contributed by atoms with Gasteiger partial charge in [-0.2, -0.15) is 23.2 Å². The number of fused-ring (bicyclic) bond motifs is 1. The van der Waals surface area contributed by atoms with Crippen molar-refractivity contribution in [1.29, 1.82) is 5.26 Å². The first kappa shape index (κ1) is 26.2. The van der Waals surface area contributed by atoms with Crippen LogP contribution >= 0.6 is 11.3 Å². The smallest absolute Gasteiger partial charge is 0.404 e. The number of nitrogens with zero attached hydrogens (tertiary/aromatic N) is 4. The molecule has 4 rings (SSSR count). The molecule has 15 heteroatoms. The Kier molecular flexibility index (Phi) is 6.52. The number of alkyl halides is 3. The number of carboxylic acid groups (broad SMARTS) is 1. The molecule has 0 amide bonds. The minimum absolute atomic E-state index is 0.0145. The van der Waals surface area contributed by atoms with Gasteiger partial charge in [-0.05, 0) is 43.7 Å². The molecule has 1 aromatic carbocycles. The first-order valence-electron chi connectivity index (χ1n) is 10.2. The van der Waals surface area contributed by atoms with Crippen molar-refractivity contribution in [3.8, 4) is 22.6 Å². The maximum Gasteiger partial charge on any atom is 0.404 e. The van der Waals surface area contributed by atoms with Crippen molar-refractivity contribution >= 4 is 38.2 Å². The summed E-state index contributed by atoms with van der Waals surface area (Å²) in [5, 5.41) is 20.8. The van der Waals surface area contributed by atoms with Crippen LogP contribution in [0.25, 0.3) is 27.4 Å². The first-order chi connectivity index (χ1) is 17.2. The van der Waals surface area contributed by atoms with Gasteiger partial charge < -0.3 is 5.11 Å². The van der Waals surface area contributed by atoms with Gasteiger partial charge in [-0.1, -0.05) is 0 Å². The topological polar surface area (TPSA) is 138 Å². The van der Waals surface area contributed by atoms with E-state index in [9.17, 15) is 41.1 Å². The third-order valence-electron chi connectivity index (χ3n) is 5.37. The van der Waals surface area contributed by atoms with E-state index < -0.39 is 38.9 Å². The number of rotatable bonds is 6. The van der Waals surface area contributed by atoms with Gasteiger partial charge in [-0.3, -0.25) is 9.55 Å². The number of aromatic nitrogens is 3. The Morgan fingerprint density at radius 1 is 1.30 bits per heavy atom. The van der Waals surface area contributed by atoms with E-state index in [1.165, 1.54) is 33.7 Å². The van der Waals surface area contributed by atoms with E-state index in [-0.39, 0.29) is 38.7 Å². The monoisotopic (exact) mass is 553 g/mol. The second-order valence-electron chi connectivity index (χ2n) is 7.87. The van der Waals surface area contributed by atoms with Crippen LogP contribution in [0, 0.1) is 24.1 Å². The van der Waals surface area contributed by atoms with Gasteiger partial charge in [0.25, 0.3) is 0 Å². The molecule has 0 aliphatic carbocycles. The number of aryl methyl sites for hydroxylation is 1. The highest BCUT2D eigenvalue weighted by molar-refractivity contribution is 7.89. The van der Waals surface area contributed by atoms with Crippen LogP contribution in [0.2, 0.25) is 0 Å². The molecule has 4 aromatic rings. The molecule has 37 heavy (non-hydrogen) atoms. The fraction of sp³-hybridized carbons (Fsp3) is 0.182. The molecule has 3 aromatic heterocycles. The van der Waals surface area contributed by atoms with E-state index in [2.05, 4.69) is 9.97 Å². The number of nitrogens with one attached hydrogen (secondary N) is 1. The maximum absolute atomic E-state index is 14.4. The van der Waals surface area contributed by atoms with Crippen LogP contribution in [0.3, 0.4) is 0 Å². The summed E-state index contributed by atoms with van der Waals surface area (Å²) in [7, 11) is -4.59. The Balaban J connectivity index is 1.92. The van der Waals surface area contributed by atoms with Gasteiger partial charge in [0.15, 0.2) is 10.8 Å². The van der Waals surface area contributed by atoms with Crippen LogP contribution in [0.4, 0.5) is 17.6 Å². The zero-order valence-electron chi connectivity index (χ0n) is 18.8. The van der Waals surface area contributed by atoms with Crippen molar-refractivity contribution in [3.05, 3.63) is 58.5 Å². The molecule has 0 fully saturated rings. The van der Waals surface area contributed by atoms with Crippen molar-refractivity contribution in [2.45, 2.75) is 31.0 Å². The molecule has 0 spiro atoms. The number of carboxylic acids is 1. The number of aromatic carboxylic acids is 1. The molecule has 3 heterocycles. The lowest BCUT2D eigenvalue weighted by Gasteiger charge is -2.17. The van der Waals surface area contributed by atoms with E-state index in [4.69, 9.17) is 0 Å². The minimum Gasteiger partial charge on any atom is -0.476 e. The average Bonchev–Trinajstić information content (AvgIpc) is 3.41. The third-order valence-corrected chi connectivity index (χ3v) is 7.73. The van der Waals surface area contributed by atoms with Crippen LogP contribution in [0.15, 0.2) is 40.7 Å². The standard InChI is InChI=1S/C22H15F4N5O4S2/c1-10-5-18-13(6-15(10)23)14(7-27)19(31(18)21-29-17(9-36-21)20(32)33)16-4-3-12(8-28-16)37(34,35)30-11(2)22(24,25)26/h3-6,8-9,11,30H,1-2H3,(H,32,33)/t11-/m0/s1. The Morgan fingerprint density at radius 2 is 2.00 bits per heavy atom. The van der Waals surface area contributed by atoms with Crippen LogP contribution in [-0.4, -0.2) is 46.2 Å². The highest BCUT2D eigenvalue weighted by Gasteiger charge is 2.39. The lowest BCUT2D eigenvalue weighted by Crippen LogP contribution is -2.42. The number of hydrogen-bond donors (Lipinski definition) is 2. The summed E-state index contributed by atoms with van der Waals surface area (Å²) in [5.41, 5.74) is 0.305. The van der Waals surface area contributed by atoms with Crippen molar-refractivity contribution in [2.75, 3.05) is 0 Å². The fourth-order valence-corrected chi connectivity index (χ4v) is 5.47. The number of thiazole rings is 1. The largest absolute Gasteiger partial charge is 0.476 e. The summed E-state index contributed by atoms with van der Waals surface area (Å²) in [6.45, 7) is 2.15. The summed E-state index contributed by atoms with van der Waals surface area (Å²) in [5.74, 6) is -1.89. The van der Waals surface area contributed by atoms with Crippen LogP contribution < -0.4 is 4.72 Å². The summed E-state index contributed by atoms with van der Waals surface area (Å²) in [6.07, 6.45) is -3.99. The molecule has 0 saturated heterocycles. The highest BCUT2D eigenvalue weighted by atomic mass is 32.2. The fourth-order valence-electron chi connectivity index (χ4n) is 3.48. The number of sulfonamides is 1. The van der Waals surface area contributed by atoms with Gasteiger partial charge in [0.2, 0.25) is 10.0 Å². The average molecular weight is 554 g/mol. The molecule has 1 atom stereocenters. The number of benzene rings is 1. The molecule has 0 radical (unpaired) electrons. The molecule has 0 aliphatic heterocycles. The van der Waals surface area contributed by atoms with E-state index in [1.54, 1.807) is 0 Å². The molecule has 0 saturated carbocycles. The van der Waals surface area contributed by atoms with Gasteiger partial charge in [0.05, 0.1) is 22.5 Å². The Labute approximate surface area is 210 Å². The van der Waals surface area contributed by atoms with Crippen molar-refractivity contribution in [2.24, 2.45) is 0 Å². The van der Waals surface area contributed by atoms with E-state index >= 15 is 0 Å². The molecule has 9 nitrogen and oxygen atoms in total. The lowest BCUT2D eigenvalue weighted by molar-refractivity contribution is -0.147. The van der Waals surface area contributed by atoms with Crippen molar-refractivity contribution < 1.29 is 35.9 Å². The predicted octanol–water partition coefficient (Wildman–Crippen LogP) is 4.40. The van der Waals surface area contributed by atoms with Gasteiger partial charge in [-0.15, -0.1) is 11.3 Å². The van der Waals surface area contributed by atoms with E-state index in [1.807, 2.05) is 6.07 Å². The number of hydrogen-bond acceptors (Lipinski definition) is 7. The molecule has 192 valence electrons. The Hall–Kier alpha value is -3.87. The second-order valence-corrected chi connectivity index (χ2v) is 10.4. The van der Waals surface area contributed by atoms with Gasteiger partial charge in [0.1, 0.15) is 22.8 Å². The molecular weight excluding hydrogens is 538 g/mol. The summed E-state index contributed by atoms with van der Waals surface area (Å²) < 4.78 is 80.7. The number of carbonyl (C=O) groups is 1. The normalized spacial score (nSPS) is 13.0. The van der Waals surface area contributed by atoms with Crippen LogP contribution in [-0.2, 0) is 10.0 Å². The minimum atomic E-state index is -4.81. The SMILES string of the molecule is Cc1cc2c(cc1F)c(C#N)c(-c1ccc(S(=O)(=O)N[C@@H](C)C(F)(F)F)cn1)n2-c1nc(C(=O)O)cs1. The molecule has 0 bridgehead atoms. The van der Waals surface area contributed by atoms with Crippen molar-refractivity contribution in [3.63, 3.8) is 0 Å². The quantitative estimate of drug-likeness (QED) is 0.338. The first-order valence-corrected chi connectivity index (χ1v) is 12.6. The predicted molar refractivity (Wildman–Crippen MR) is 124 cm³/mol. The van der Waals surface area contributed by atoms with E-state index in [0.717, 1.165) is 29.7 Å². The maximum atomic E-state index is 14.4. The molecule has 0 aliphatic rings.